The number of aromatic nitrogens is 1. The molecule has 2 N–H and O–H groups in total. The lowest BCUT2D eigenvalue weighted by Gasteiger charge is -2.35. The number of rotatable bonds is 5. The summed E-state index contributed by atoms with van der Waals surface area (Å²) in [5, 5.41) is 11.2. The van der Waals surface area contributed by atoms with Crippen molar-refractivity contribution in [2.45, 2.75) is 45.8 Å². The number of carbonyl (C=O) groups excluding carboxylic acids is 1. The quantitative estimate of drug-likeness (QED) is 0.859. The Kier molecular flexibility index (Phi) is 6.00. The number of hydrogen-bond donors (Lipinski definition) is 2. The van der Waals surface area contributed by atoms with Crippen LogP contribution in [0.5, 0.6) is 5.75 Å². The molecule has 0 aromatic carbocycles. The van der Waals surface area contributed by atoms with Gasteiger partial charge in [0.2, 0.25) is 5.91 Å². The van der Waals surface area contributed by atoms with Gasteiger partial charge in [0.15, 0.2) is 0 Å². The van der Waals surface area contributed by atoms with E-state index in [1.54, 1.807) is 11.1 Å². The van der Waals surface area contributed by atoms with Gasteiger partial charge in [0, 0.05) is 31.6 Å². The minimum Gasteiger partial charge on any atom is -0.489 e. The van der Waals surface area contributed by atoms with Gasteiger partial charge >= 0.3 is 6.09 Å². The number of carboxylic acid groups (broad SMARTS) is 1. The lowest BCUT2D eigenvalue weighted by atomic mass is 10.0. The first-order valence-electron chi connectivity index (χ1n) is 8.24. The van der Waals surface area contributed by atoms with Crippen molar-refractivity contribution in [3.8, 4) is 5.75 Å². The average molecular weight is 335 g/mol. The minimum atomic E-state index is -1.17. The maximum absolute atomic E-state index is 12.5. The lowest BCUT2D eigenvalue weighted by Crippen LogP contribution is -2.53. The number of nitrogens with one attached hydrogen (secondary N) is 1. The smallest absolute Gasteiger partial charge is 0.405 e. The fourth-order valence-electron chi connectivity index (χ4n) is 2.75. The lowest BCUT2D eigenvalue weighted by molar-refractivity contribution is -0.136. The third-order valence-electron chi connectivity index (χ3n) is 4.15. The number of piperidine rings is 1. The van der Waals surface area contributed by atoms with Gasteiger partial charge in [-0.2, -0.15) is 0 Å². The summed E-state index contributed by atoms with van der Waals surface area (Å²) in [5.74, 6) is 0.474. The summed E-state index contributed by atoms with van der Waals surface area (Å²) in [5.41, 5.74) is 0.938. The Morgan fingerprint density at radius 2 is 2.00 bits per heavy atom. The van der Waals surface area contributed by atoms with Crippen LogP contribution in [0.1, 0.15) is 32.4 Å². The molecule has 1 aromatic rings. The van der Waals surface area contributed by atoms with Crippen LogP contribution in [0.25, 0.3) is 0 Å². The maximum Gasteiger partial charge on any atom is 0.405 e. The van der Waals surface area contributed by atoms with Crippen molar-refractivity contribution >= 4 is 12.0 Å². The Balaban J connectivity index is 1.87. The van der Waals surface area contributed by atoms with Gasteiger partial charge in [0.1, 0.15) is 17.9 Å². The predicted octanol–water partition coefficient (Wildman–Crippen LogP) is 2.05. The van der Waals surface area contributed by atoms with Crippen molar-refractivity contribution in [2.75, 3.05) is 13.1 Å². The molecule has 132 valence electrons. The molecule has 0 bridgehead atoms. The molecule has 2 amide bonds. The maximum atomic E-state index is 12.5. The van der Waals surface area contributed by atoms with Gasteiger partial charge in [0.25, 0.3) is 0 Å². The molecule has 24 heavy (non-hydrogen) atoms. The first-order valence-corrected chi connectivity index (χ1v) is 8.24. The normalized spacial score (nSPS) is 16.8. The van der Waals surface area contributed by atoms with Crippen LogP contribution in [-0.2, 0) is 4.79 Å². The molecule has 7 nitrogen and oxygen atoms in total. The van der Waals surface area contributed by atoms with Crippen LogP contribution in [0, 0.1) is 12.8 Å². The van der Waals surface area contributed by atoms with Crippen molar-refractivity contribution < 1.29 is 19.4 Å². The summed E-state index contributed by atoms with van der Waals surface area (Å²) < 4.78 is 5.90. The predicted molar refractivity (Wildman–Crippen MR) is 89.0 cm³/mol. The Labute approximate surface area is 142 Å². The van der Waals surface area contributed by atoms with E-state index in [0.29, 0.717) is 13.1 Å². The third-order valence-corrected chi connectivity index (χ3v) is 4.15. The number of hydrogen-bond acceptors (Lipinski definition) is 4. The van der Waals surface area contributed by atoms with Crippen LogP contribution in [-0.4, -0.2) is 52.2 Å². The van der Waals surface area contributed by atoms with E-state index in [2.05, 4.69) is 10.3 Å². The molecular weight excluding hydrogens is 310 g/mol. The van der Waals surface area contributed by atoms with Crippen LogP contribution in [0.3, 0.4) is 0 Å². The summed E-state index contributed by atoms with van der Waals surface area (Å²) in [6.45, 7) is 6.71. The molecule has 1 aromatic heterocycles. The topological polar surface area (TPSA) is 91.8 Å². The summed E-state index contributed by atoms with van der Waals surface area (Å²) >= 11 is 0. The van der Waals surface area contributed by atoms with E-state index in [0.717, 1.165) is 24.3 Å². The largest absolute Gasteiger partial charge is 0.489 e. The van der Waals surface area contributed by atoms with E-state index in [4.69, 9.17) is 9.84 Å². The average Bonchev–Trinajstić information content (AvgIpc) is 2.54. The molecule has 7 heteroatoms. The Morgan fingerprint density at radius 3 is 2.50 bits per heavy atom. The van der Waals surface area contributed by atoms with Gasteiger partial charge < -0.3 is 20.1 Å². The van der Waals surface area contributed by atoms with Crippen molar-refractivity contribution in [1.29, 1.82) is 0 Å². The zero-order chi connectivity index (χ0) is 17.7. The molecule has 0 radical (unpaired) electrons. The van der Waals surface area contributed by atoms with Crippen molar-refractivity contribution in [3.63, 3.8) is 0 Å². The molecule has 1 aliphatic heterocycles. The molecule has 0 spiro atoms. The number of carbonyl (C=O) groups is 2. The molecule has 2 rings (SSSR count). The molecule has 0 saturated carbocycles. The molecule has 0 aliphatic carbocycles. The number of ether oxygens (including phenoxy) is 1. The summed E-state index contributed by atoms with van der Waals surface area (Å²) in [6.07, 6.45) is 2.02. The van der Waals surface area contributed by atoms with Crippen LogP contribution in [0.4, 0.5) is 4.79 Å². The van der Waals surface area contributed by atoms with Crippen LogP contribution < -0.4 is 10.1 Å². The Hall–Kier alpha value is -2.31. The SMILES string of the molecule is Cc1ccc(OC2CCN(C(=O)[C@@H](NC(=O)O)C(C)C)CC2)cn1. The van der Waals surface area contributed by atoms with E-state index in [-0.39, 0.29) is 17.9 Å². The number of nitrogens with zero attached hydrogens (tertiary/aromatic N) is 2. The van der Waals surface area contributed by atoms with Crippen LogP contribution in [0.2, 0.25) is 0 Å². The highest BCUT2D eigenvalue weighted by atomic mass is 16.5. The van der Waals surface area contributed by atoms with Crippen molar-refractivity contribution in [2.24, 2.45) is 5.92 Å². The zero-order valence-electron chi connectivity index (χ0n) is 14.4. The molecule has 1 aliphatic rings. The number of pyridine rings is 1. The molecule has 1 fully saturated rings. The first-order chi connectivity index (χ1) is 11.4. The highest BCUT2D eigenvalue weighted by Gasteiger charge is 2.31. The van der Waals surface area contributed by atoms with Gasteiger partial charge in [0.05, 0.1) is 6.20 Å². The third kappa shape index (κ3) is 4.84. The molecule has 2 heterocycles. The Morgan fingerprint density at radius 1 is 1.33 bits per heavy atom. The van der Waals surface area contributed by atoms with Gasteiger partial charge in [-0.1, -0.05) is 13.8 Å². The van der Waals surface area contributed by atoms with E-state index in [1.807, 2.05) is 32.9 Å². The molecule has 0 unspecified atom stereocenters. The summed E-state index contributed by atoms with van der Waals surface area (Å²) in [4.78, 5) is 29.3. The zero-order valence-corrected chi connectivity index (χ0v) is 14.4. The van der Waals surface area contributed by atoms with E-state index in [1.165, 1.54) is 0 Å². The molecular formula is C17H25N3O4. The highest BCUT2D eigenvalue weighted by Crippen LogP contribution is 2.19. The van der Waals surface area contributed by atoms with E-state index in [9.17, 15) is 9.59 Å². The van der Waals surface area contributed by atoms with Gasteiger partial charge in [-0.3, -0.25) is 9.78 Å². The standard InChI is InChI=1S/C17H25N3O4/c1-11(2)15(19-17(22)23)16(21)20-8-6-13(7-9-20)24-14-5-4-12(3)18-10-14/h4-5,10-11,13,15,19H,6-9H2,1-3H3,(H,22,23)/t15-/m0/s1. The second-order valence-electron chi connectivity index (χ2n) is 6.45. The van der Waals surface area contributed by atoms with Crippen LogP contribution >= 0.6 is 0 Å². The minimum absolute atomic E-state index is 0.0449. The summed E-state index contributed by atoms with van der Waals surface area (Å²) in [6, 6.07) is 3.09. The molecule has 1 saturated heterocycles. The fraction of sp³-hybridized carbons (Fsp3) is 0.588. The van der Waals surface area contributed by atoms with Crippen LogP contribution in [0.15, 0.2) is 18.3 Å². The van der Waals surface area contributed by atoms with Crippen molar-refractivity contribution in [3.05, 3.63) is 24.0 Å². The number of likely N-dealkylation sites (tertiary alicyclic amines) is 1. The Bertz CT molecular complexity index is 566. The van der Waals surface area contributed by atoms with Gasteiger partial charge in [-0.15, -0.1) is 0 Å². The first kappa shape index (κ1) is 18.0. The second kappa shape index (κ2) is 7.99. The fourth-order valence-corrected chi connectivity index (χ4v) is 2.75. The second-order valence-corrected chi connectivity index (χ2v) is 6.45. The monoisotopic (exact) mass is 335 g/mol. The van der Waals surface area contributed by atoms with Gasteiger partial charge in [-0.05, 0) is 25.0 Å². The van der Waals surface area contributed by atoms with E-state index >= 15 is 0 Å². The van der Waals surface area contributed by atoms with E-state index < -0.39 is 12.1 Å². The summed E-state index contributed by atoms with van der Waals surface area (Å²) in [7, 11) is 0. The highest BCUT2D eigenvalue weighted by molar-refractivity contribution is 5.85. The van der Waals surface area contributed by atoms with Crippen molar-refractivity contribution in [1.82, 2.24) is 15.2 Å². The van der Waals surface area contributed by atoms with Gasteiger partial charge in [-0.25, -0.2) is 4.79 Å². The molecule has 1 atom stereocenters. The number of aryl methyl sites for hydroxylation is 1. The number of amides is 2.